The number of benzene rings is 1. The van der Waals surface area contributed by atoms with E-state index in [9.17, 15) is 4.79 Å². The zero-order valence-corrected chi connectivity index (χ0v) is 13.3. The zero-order chi connectivity index (χ0) is 16.8. The molecule has 1 aromatic carbocycles. The molecule has 0 saturated heterocycles. The average Bonchev–Trinajstić information content (AvgIpc) is 3.14. The minimum absolute atomic E-state index is 0.160. The Hall–Kier alpha value is -3.15. The molecule has 0 unspecified atom stereocenters. The third-order valence-electron chi connectivity index (χ3n) is 3.61. The van der Waals surface area contributed by atoms with Crippen LogP contribution in [-0.2, 0) is 13.1 Å². The molecule has 0 bridgehead atoms. The molecule has 3 aromatic rings. The Morgan fingerprint density at radius 3 is 2.58 bits per heavy atom. The lowest BCUT2D eigenvalue weighted by molar-refractivity contribution is 0.0950. The molecular weight excluding hydrogens is 304 g/mol. The monoisotopic (exact) mass is 322 g/mol. The molecule has 0 aliphatic rings. The Labute approximate surface area is 140 Å². The fourth-order valence-electron chi connectivity index (χ4n) is 2.27. The Morgan fingerprint density at radius 1 is 1.17 bits per heavy atom. The number of imidazole rings is 1. The Kier molecular flexibility index (Phi) is 4.86. The van der Waals surface area contributed by atoms with Crippen molar-refractivity contribution >= 4 is 5.91 Å². The molecule has 1 N–H and O–H groups in total. The lowest BCUT2D eigenvalue weighted by Gasteiger charge is -2.07. The molecule has 0 atom stereocenters. The summed E-state index contributed by atoms with van der Waals surface area (Å²) in [7, 11) is 1.54. The fraction of sp³-hybridized carbons (Fsp3) is 0.167. The van der Waals surface area contributed by atoms with E-state index >= 15 is 0 Å². The first-order valence-electron chi connectivity index (χ1n) is 7.56. The van der Waals surface area contributed by atoms with Gasteiger partial charge in [0, 0.05) is 37.7 Å². The molecule has 0 aliphatic carbocycles. The molecule has 1 amide bonds. The van der Waals surface area contributed by atoms with Crippen molar-refractivity contribution in [3.05, 3.63) is 78.0 Å². The maximum absolute atomic E-state index is 12.1. The van der Waals surface area contributed by atoms with E-state index in [0.717, 1.165) is 12.1 Å². The van der Waals surface area contributed by atoms with Gasteiger partial charge < -0.3 is 14.6 Å². The minimum atomic E-state index is -0.160. The van der Waals surface area contributed by atoms with Crippen molar-refractivity contribution in [2.45, 2.75) is 13.1 Å². The van der Waals surface area contributed by atoms with Crippen molar-refractivity contribution in [2.75, 3.05) is 7.11 Å². The van der Waals surface area contributed by atoms with E-state index in [1.165, 1.54) is 11.8 Å². The summed E-state index contributed by atoms with van der Waals surface area (Å²) in [5.41, 5.74) is 2.73. The second kappa shape index (κ2) is 7.41. The number of ether oxygens (including phenoxy) is 1. The predicted octanol–water partition coefficient (Wildman–Crippen LogP) is 2.27. The van der Waals surface area contributed by atoms with E-state index in [0.29, 0.717) is 18.0 Å². The minimum Gasteiger partial charge on any atom is -0.481 e. The third kappa shape index (κ3) is 3.98. The highest BCUT2D eigenvalue weighted by atomic mass is 16.5. The van der Waals surface area contributed by atoms with Crippen molar-refractivity contribution in [1.29, 1.82) is 0 Å². The number of methoxy groups -OCH3 is 1. The van der Waals surface area contributed by atoms with E-state index in [4.69, 9.17) is 4.74 Å². The van der Waals surface area contributed by atoms with Gasteiger partial charge in [0.25, 0.3) is 5.91 Å². The largest absolute Gasteiger partial charge is 0.481 e. The van der Waals surface area contributed by atoms with Crippen molar-refractivity contribution in [3.63, 3.8) is 0 Å². The predicted molar refractivity (Wildman–Crippen MR) is 89.7 cm³/mol. The normalized spacial score (nSPS) is 10.4. The quantitative estimate of drug-likeness (QED) is 0.756. The standard InChI is InChI=1S/C18H18N4O2/c1-24-17-7-6-16(11-20-17)18(23)21-10-14-2-4-15(5-3-14)12-22-9-8-19-13-22/h2-9,11,13H,10,12H2,1H3,(H,21,23). The summed E-state index contributed by atoms with van der Waals surface area (Å²) in [5.74, 6) is 0.327. The number of aromatic nitrogens is 3. The van der Waals surface area contributed by atoms with Crippen molar-refractivity contribution in [1.82, 2.24) is 19.9 Å². The van der Waals surface area contributed by atoms with Gasteiger partial charge in [0.2, 0.25) is 5.88 Å². The highest BCUT2D eigenvalue weighted by Gasteiger charge is 2.06. The van der Waals surface area contributed by atoms with E-state index in [1.54, 1.807) is 31.8 Å². The smallest absolute Gasteiger partial charge is 0.253 e. The lowest BCUT2D eigenvalue weighted by Crippen LogP contribution is -2.22. The topological polar surface area (TPSA) is 69.0 Å². The van der Waals surface area contributed by atoms with E-state index in [1.807, 2.05) is 22.9 Å². The van der Waals surface area contributed by atoms with Gasteiger partial charge in [-0.1, -0.05) is 24.3 Å². The Balaban J connectivity index is 1.54. The molecule has 0 saturated carbocycles. The SMILES string of the molecule is COc1ccc(C(=O)NCc2ccc(Cn3ccnc3)cc2)cn1. The number of carbonyl (C=O) groups is 1. The summed E-state index contributed by atoms with van der Waals surface area (Å²) in [6.07, 6.45) is 6.98. The zero-order valence-electron chi connectivity index (χ0n) is 13.3. The summed E-state index contributed by atoms with van der Waals surface area (Å²) < 4.78 is 6.99. The highest BCUT2D eigenvalue weighted by Crippen LogP contribution is 2.08. The van der Waals surface area contributed by atoms with Gasteiger partial charge in [0.15, 0.2) is 0 Å². The summed E-state index contributed by atoms with van der Waals surface area (Å²) >= 11 is 0. The molecule has 0 aliphatic heterocycles. The first kappa shape index (κ1) is 15.7. The first-order valence-corrected chi connectivity index (χ1v) is 7.56. The Bertz CT molecular complexity index is 781. The van der Waals surface area contributed by atoms with Gasteiger partial charge in [0.1, 0.15) is 0 Å². The van der Waals surface area contributed by atoms with Crippen molar-refractivity contribution < 1.29 is 9.53 Å². The fourth-order valence-corrected chi connectivity index (χ4v) is 2.27. The summed E-state index contributed by atoms with van der Waals surface area (Å²) in [4.78, 5) is 20.2. The molecule has 0 fully saturated rings. The van der Waals surface area contributed by atoms with Crippen LogP contribution in [0, 0.1) is 0 Å². The highest BCUT2D eigenvalue weighted by molar-refractivity contribution is 5.93. The van der Waals surface area contributed by atoms with Crippen LogP contribution in [0.4, 0.5) is 0 Å². The van der Waals surface area contributed by atoms with Crippen LogP contribution >= 0.6 is 0 Å². The van der Waals surface area contributed by atoms with Crippen LogP contribution in [0.3, 0.4) is 0 Å². The van der Waals surface area contributed by atoms with Crippen LogP contribution in [-0.4, -0.2) is 27.6 Å². The molecule has 3 rings (SSSR count). The van der Waals surface area contributed by atoms with Crippen molar-refractivity contribution in [2.24, 2.45) is 0 Å². The first-order chi connectivity index (χ1) is 11.7. The third-order valence-corrected chi connectivity index (χ3v) is 3.61. The molecule has 6 nitrogen and oxygen atoms in total. The number of hydrogen-bond acceptors (Lipinski definition) is 4. The van der Waals surface area contributed by atoms with Gasteiger partial charge in [-0.05, 0) is 17.2 Å². The molecule has 2 heterocycles. The van der Waals surface area contributed by atoms with Gasteiger partial charge in [-0.25, -0.2) is 9.97 Å². The molecule has 24 heavy (non-hydrogen) atoms. The number of carbonyl (C=O) groups excluding carboxylic acids is 1. The van der Waals surface area contributed by atoms with Crippen molar-refractivity contribution in [3.8, 4) is 5.88 Å². The van der Waals surface area contributed by atoms with Crippen LogP contribution in [0.2, 0.25) is 0 Å². The molecule has 122 valence electrons. The maximum Gasteiger partial charge on any atom is 0.253 e. The summed E-state index contributed by atoms with van der Waals surface area (Å²) in [5, 5.41) is 2.88. The molecule has 0 spiro atoms. The second-order valence-corrected chi connectivity index (χ2v) is 5.32. The second-order valence-electron chi connectivity index (χ2n) is 5.32. The number of nitrogens with one attached hydrogen (secondary N) is 1. The van der Waals surface area contributed by atoms with Crippen LogP contribution in [0.1, 0.15) is 21.5 Å². The molecular formula is C18H18N4O2. The number of nitrogens with zero attached hydrogens (tertiary/aromatic N) is 3. The number of amides is 1. The summed E-state index contributed by atoms with van der Waals surface area (Å²) in [6.45, 7) is 1.25. The lowest BCUT2D eigenvalue weighted by atomic mass is 10.1. The van der Waals surface area contributed by atoms with Gasteiger partial charge >= 0.3 is 0 Å². The van der Waals surface area contributed by atoms with E-state index in [2.05, 4.69) is 27.4 Å². The number of hydrogen-bond donors (Lipinski definition) is 1. The van der Waals surface area contributed by atoms with Gasteiger partial charge in [0.05, 0.1) is 19.0 Å². The molecule has 6 heteroatoms. The summed E-state index contributed by atoms with van der Waals surface area (Å²) in [6, 6.07) is 11.5. The van der Waals surface area contributed by atoms with Crippen LogP contribution < -0.4 is 10.1 Å². The van der Waals surface area contributed by atoms with Gasteiger partial charge in [-0.2, -0.15) is 0 Å². The van der Waals surface area contributed by atoms with E-state index < -0.39 is 0 Å². The maximum atomic E-state index is 12.1. The van der Waals surface area contributed by atoms with E-state index in [-0.39, 0.29) is 5.91 Å². The van der Waals surface area contributed by atoms with Gasteiger partial charge in [-0.3, -0.25) is 4.79 Å². The molecule has 0 radical (unpaired) electrons. The Morgan fingerprint density at radius 2 is 1.96 bits per heavy atom. The van der Waals surface area contributed by atoms with Crippen LogP contribution in [0.25, 0.3) is 0 Å². The van der Waals surface area contributed by atoms with Crippen LogP contribution in [0.15, 0.2) is 61.3 Å². The van der Waals surface area contributed by atoms with Gasteiger partial charge in [-0.15, -0.1) is 0 Å². The van der Waals surface area contributed by atoms with Crippen LogP contribution in [0.5, 0.6) is 5.88 Å². The number of rotatable bonds is 6. The average molecular weight is 322 g/mol. The number of pyridine rings is 1. The molecule has 2 aromatic heterocycles.